The van der Waals surface area contributed by atoms with Crippen molar-refractivity contribution in [2.75, 3.05) is 0 Å². The summed E-state index contributed by atoms with van der Waals surface area (Å²) in [6.45, 7) is 1.43. The first-order chi connectivity index (χ1) is 4.72. The van der Waals surface area contributed by atoms with Crippen LogP contribution in [0, 0.1) is 5.82 Å². The van der Waals surface area contributed by atoms with Gasteiger partial charge in [0, 0.05) is 5.56 Å². The van der Waals surface area contributed by atoms with Gasteiger partial charge in [-0.15, -0.1) is 0 Å². The van der Waals surface area contributed by atoms with E-state index in [0.29, 0.717) is 0 Å². The lowest BCUT2D eigenvalue weighted by molar-refractivity contribution is 0.103. The van der Waals surface area contributed by atoms with Gasteiger partial charge in [-0.3, -0.25) is 0 Å². The highest BCUT2D eigenvalue weighted by Crippen LogP contribution is 2.15. The van der Waals surface area contributed by atoms with Crippen molar-refractivity contribution in [2.45, 2.75) is 13.0 Å². The zero-order chi connectivity index (χ0) is 7.56. The lowest BCUT2D eigenvalue weighted by Gasteiger charge is -2.01. The zero-order valence-corrected chi connectivity index (χ0v) is 5.67. The van der Waals surface area contributed by atoms with Crippen LogP contribution in [0.4, 0.5) is 4.39 Å². The summed E-state index contributed by atoms with van der Waals surface area (Å²) in [5, 5.41) is 10.7. The summed E-state index contributed by atoms with van der Waals surface area (Å²) in [5.41, 5.74) is 0.238. The molecule has 1 rings (SSSR count). The minimum absolute atomic E-state index is 0.238. The second-order valence-electron chi connectivity index (χ2n) is 2.16. The van der Waals surface area contributed by atoms with Gasteiger partial charge in [0.1, 0.15) is 11.9 Å². The van der Waals surface area contributed by atoms with Crippen LogP contribution in [0.25, 0.3) is 0 Å². The van der Waals surface area contributed by atoms with E-state index in [9.17, 15) is 9.50 Å². The van der Waals surface area contributed by atoms with Crippen molar-refractivity contribution < 1.29 is 9.50 Å². The minimum atomic E-state index is -0.971. The molecule has 0 fully saturated rings. The fourth-order valence-corrected chi connectivity index (χ4v) is 0.805. The van der Waals surface area contributed by atoms with E-state index >= 15 is 0 Å². The molecule has 1 nitrogen and oxygen atoms in total. The molecule has 1 aromatic rings. The van der Waals surface area contributed by atoms with E-state index in [-0.39, 0.29) is 5.56 Å². The Morgan fingerprint density at radius 3 is 2.40 bits per heavy atom. The quantitative estimate of drug-likeness (QED) is 0.569. The summed E-state index contributed by atoms with van der Waals surface area (Å²) in [5.74, 6) is -0.412. The van der Waals surface area contributed by atoms with Crippen LogP contribution in [-0.4, -0.2) is 0 Å². The van der Waals surface area contributed by atoms with Crippen LogP contribution in [0.5, 0.6) is 0 Å². The topological polar surface area (TPSA) is 19.9 Å². The third-order valence-electron chi connectivity index (χ3n) is 1.34. The van der Waals surface area contributed by atoms with Crippen molar-refractivity contribution in [1.29, 1.82) is 0 Å². The maximum absolute atomic E-state index is 12.6. The molecular formula is C8H8FO. The van der Waals surface area contributed by atoms with E-state index in [1.807, 2.05) is 0 Å². The van der Waals surface area contributed by atoms with Crippen molar-refractivity contribution in [3.05, 3.63) is 35.6 Å². The Kier molecular flexibility index (Phi) is 2.02. The largest absolute Gasteiger partial charge is 0.228 e. The molecular weight excluding hydrogens is 131 g/mol. The normalized spacial score (nSPS) is 13.1. The molecule has 0 heterocycles. The summed E-state index contributed by atoms with van der Waals surface area (Å²) in [7, 11) is 0. The molecule has 10 heavy (non-hydrogen) atoms. The molecule has 1 aromatic carbocycles. The smallest absolute Gasteiger partial charge is 0.129 e. The summed E-state index contributed by atoms with van der Waals surface area (Å²) < 4.78 is 12.6. The van der Waals surface area contributed by atoms with Crippen LogP contribution in [0.2, 0.25) is 0 Å². The monoisotopic (exact) mass is 139 g/mol. The Morgan fingerprint density at radius 1 is 1.40 bits per heavy atom. The Balaban J connectivity index is 3.03. The van der Waals surface area contributed by atoms with Crippen molar-refractivity contribution in [2.24, 2.45) is 0 Å². The molecule has 0 spiro atoms. The van der Waals surface area contributed by atoms with Crippen molar-refractivity contribution in [3.63, 3.8) is 0 Å². The van der Waals surface area contributed by atoms with Crippen LogP contribution in [-0.2, 0) is 5.11 Å². The van der Waals surface area contributed by atoms with Crippen LogP contribution in [0.1, 0.15) is 18.6 Å². The molecule has 53 valence electrons. The van der Waals surface area contributed by atoms with Gasteiger partial charge in [0.05, 0.1) is 0 Å². The number of rotatable bonds is 1. The van der Waals surface area contributed by atoms with Crippen molar-refractivity contribution >= 4 is 0 Å². The lowest BCUT2D eigenvalue weighted by Crippen LogP contribution is -1.92. The molecule has 2 heteroatoms. The van der Waals surface area contributed by atoms with Gasteiger partial charge in [-0.1, -0.05) is 18.2 Å². The summed E-state index contributed by atoms with van der Waals surface area (Å²) in [6, 6.07) is 6.03. The molecule has 0 saturated heterocycles. The first kappa shape index (κ1) is 7.22. The van der Waals surface area contributed by atoms with E-state index in [4.69, 9.17) is 0 Å². The third kappa shape index (κ3) is 1.33. The highest BCUT2D eigenvalue weighted by molar-refractivity contribution is 5.18. The van der Waals surface area contributed by atoms with Crippen LogP contribution >= 0.6 is 0 Å². The molecule has 0 aliphatic rings. The van der Waals surface area contributed by atoms with Crippen LogP contribution in [0.15, 0.2) is 24.3 Å². The maximum Gasteiger partial charge on any atom is 0.129 e. The first-order valence-electron chi connectivity index (χ1n) is 3.12. The molecule has 0 aromatic heterocycles. The Bertz CT molecular complexity index is 220. The Morgan fingerprint density at radius 2 is 2.00 bits per heavy atom. The van der Waals surface area contributed by atoms with Gasteiger partial charge in [0.15, 0.2) is 0 Å². The highest BCUT2D eigenvalue weighted by Gasteiger charge is 2.06. The van der Waals surface area contributed by atoms with Gasteiger partial charge in [0.2, 0.25) is 0 Å². The highest BCUT2D eigenvalue weighted by atomic mass is 19.1. The average Bonchev–Trinajstić information content (AvgIpc) is 1.88. The molecule has 1 atom stereocenters. The van der Waals surface area contributed by atoms with Gasteiger partial charge in [-0.2, -0.15) is 0 Å². The van der Waals surface area contributed by atoms with E-state index in [0.717, 1.165) is 0 Å². The van der Waals surface area contributed by atoms with Crippen molar-refractivity contribution in [3.8, 4) is 0 Å². The molecule has 0 aliphatic carbocycles. The Labute approximate surface area is 59.1 Å². The summed E-state index contributed by atoms with van der Waals surface area (Å²) >= 11 is 0. The fraction of sp³-hybridized carbons (Fsp3) is 0.250. The summed E-state index contributed by atoms with van der Waals surface area (Å²) in [4.78, 5) is 0. The SMILES string of the molecule is CC([O])c1ccccc1F. The molecule has 0 amide bonds. The van der Waals surface area contributed by atoms with Gasteiger partial charge in [-0.25, -0.2) is 9.50 Å². The first-order valence-corrected chi connectivity index (χ1v) is 3.12. The second kappa shape index (κ2) is 2.80. The lowest BCUT2D eigenvalue weighted by atomic mass is 10.1. The van der Waals surface area contributed by atoms with Crippen LogP contribution < -0.4 is 0 Å². The maximum atomic E-state index is 12.6. The van der Waals surface area contributed by atoms with Crippen molar-refractivity contribution in [1.82, 2.24) is 0 Å². The Hall–Kier alpha value is -0.890. The number of hydrogen-bond donors (Lipinski definition) is 0. The number of halogens is 1. The molecule has 0 bridgehead atoms. The summed E-state index contributed by atoms with van der Waals surface area (Å²) in [6.07, 6.45) is -0.971. The van der Waals surface area contributed by atoms with Gasteiger partial charge < -0.3 is 0 Å². The molecule has 0 aliphatic heterocycles. The third-order valence-corrected chi connectivity index (χ3v) is 1.34. The predicted octanol–water partition coefficient (Wildman–Crippen LogP) is 2.32. The van der Waals surface area contributed by atoms with Gasteiger partial charge in [0.25, 0.3) is 0 Å². The second-order valence-corrected chi connectivity index (χ2v) is 2.16. The zero-order valence-electron chi connectivity index (χ0n) is 5.67. The average molecular weight is 139 g/mol. The predicted molar refractivity (Wildman–Crippen MR) is 35.5 cm³/mol. The van der Waals surface area contributed by atoms with Gasteiger partial charge >= 0.3 is 0 Å². The number of hydrogen-bond acceptors (Lipinski definition) is 0. The van der Waals surface area contributed by atoms with Crippen LogP contribution in [0.3, 0.4) is 0 Å². The molecule has 0 saturated carbocycles. The number of benzene rings is 1. The fourth-order valence-electron chi connectivity index (χ4n) is 0.805. The standard InChI is InChI=1S/C8H8FO/c1-6(10)7-4-2-3-5-8(7)9/h2-6H,1H3. The van der Waals surface area contributed by atoms with Gasteiger partial charge in [-0.05, 0) is 13.0 Å². The van der Waals surface area contributed by atoms with E-state index in [1.54, 1.807) is 12.1 Å². The molecule has 0 N–H and O–H groups in total. The molecule has 1 unspecified atom stereocenters. The van der Waals surface area contributed by atoms with E-state index < -0.39 is 11.9 Å². The molecule has 1 radical (unpaired) electrons. The van der Waals surface area contributed by atoms with E-state index in [1.165, 1.54) is 19.1 Å². The van der Waals surface area contributed by atoms with E-state index in [2.05, 4.69) is 0 Å². The minimum Gasteiger partial charge on any atom is -0.228 e.